The molecule has 0 aromatic heterocycles. The van der Waals surface area contributed by atoms with Gasteiger partial charge in [-0.15, -0.1) is 11.8 Å². The Balaban J connectivity index is -0.0000000536. The molecule has 0 amide bonds. The van der Waals surface area contributed by atoms with Crippen molar-refractivity contribution in [3.8, 4) is 0 Å². The van der Waals surface area contributed by atoms with E-state index in [1.54, 1.807) is 40.3 Å². The van der Waals surface area contributed by atoms with Gasteiger partial charge in [0, 0.05) is 32.9 Å². The van der Waals surface area contributed by atoms with Crippen LogP contribution in [0, 0.1) is 31.1 Å². The molecule has 0 heterocycles. The van der Waals surface area contributed by atoms with Crippen LogP contribution in [0.1, 0.15) is 61.8 Å². The van der Waals surface area contributed by atoms with E-state index >= 15 is 0 Å². The van der Waals surface area contributed by atoms with Gasteiger partial charge in [0.2, 0.25) is 0 Å². The first-order chi connectivity index (χ1) is 9.49. The predicted molar refractivity (Wildman–Crippen MR) is 91.8 cm³/mol. The minimum Gasteiger partial charge on any atom is -0.542 e. The molecular formula is C18H33O4W2-. The summed E-state index contributed by atoms with van der Waals surface area (Å²) >= 11 is 0. The van der Waals surface area contributed by atoms with Crippen LogP contribution in [0.5, 0.6) is 0 Å². The molecule has 0 saturated carbocycles. The van der Waals surface area contributed by atoms with Gasteiger partial charge in [-0.25, -0.2) is 0 Å². The van der Waals surface area contributed by atoms with E-state index in [0.717, 1.165) is 0 Å². The van der Waals surface area contributed by atoms with E-state index in [1.165, 1.54) is 0 Å². The van der Waals surface area contributed by atoms with Gasteiger partial charge in [-0.3, -0.25) is 22.2 Å². The topological polar surface area (TPSA) is 68.3 Å². The molecule has 0 spiro atoms. The summed E-state index contributed by atoms with van der Waals surface area (Å²) in [7, 11) is 0. The maximum absolute atomic E-state index is 11.0. The van der Waals surface area contributed by atoms with E-state index < -0.39 is 0 Å². The molecule has 0 aliphatic rings. The van der Waals surface area contributed by atoms with Gasteiger partial charge in [-0.1, -0.05) is 55.4 Å². The number of rotatable bonds is 6. The molecule has 6 heteroatoms. The first-order valence-electron chi connectivity index (χ1n) is 7.30. The summed E-state index contributed by atoms with van der Waals surface area (Å²) in [6.07, 6.45) is 3.66. The fourth-order valence-electron chi connectivity index (χ4n) is 0.580. The normalized spacial score (nSPS) is 8.50. The third-order valence-electron chi connectivity index (χ3n) is 2.11. The van der Waals surface area contributed by atoms with Gasteiger partial charge in [0.25, 0.3) is 0 Å². The summed E-state index contributed by atoms with van der Waals surface area (Å²) in [5.74, 6) is 0.216. The first kappa shape index (κ1) is 39.2. The van der Waals surface area contributed by atoms with Gasteiger partial charge in [0.1, 0.15) is 11.6 Å². The quantitative estimate of drug-likeness (QED) is 0.317. The van der Waals surface area contributed by atoms with Crippen LogP contribution in [-0.2, 0) is 61.3 Å². The molecule has 0 unspecified atom stereocenters. The smallest absolute Gasteiger partial charge is 0.542 e. The predicted octanol–water partition coefficient (Wildman–Crippen LogP) is 3.78. The van der Waals surface area contributed by atoms with E-state index in [9.17, 15) is 19.2 Å². The first-order valence-corrected chi connectivity index (χ1v) is 7.30. The number of hydrogen-bond acceptors (Lipinski definition) is 4. The van der Waals surface area contributed by atoms with Gasteiger partial charge in [0.15, 0.2) is 0 Å². The Hall–Kier alpha value is 0.0566. The summed E-state index contributed by atoms with van der Waals surface area (Å²) in [4.78, 5) is 40.8. The van der Waals surface area contributed by atoms with Crippen molar-refractivity contribution in [2.24, 2.45) is 23.7 Å². The molecule has 0 aromatic carbocycles. The molecule has 0 bridgehead atoms. The van der Waals surface area contributed by atoms with E-state index in [4.69, 9.17) is 0 Å². The van der Waals surface area contributed by atoms with E-state index in [1.807, 2.05) is 27.7 Å². The zero-order valence-corrected chi connectivity index (χ0v) is 22.3. The molecule has 0 aliphatic carbocycles. The fourth-order valence-corrected chi connectivity index (χ4v) is 0.580. The second kappa shape index (κ2) is 25.3. The number of carbonyl (C=O) groups is 2. The van der Waals surface area contributed by atoms with Crippen LogP contribution in [0.2, 0.25) is 0 Å². The summed E-state index contributed by atoms with van der Waals surface area (Å²) in [5, 5.41) is 0. The summed E-state index contributed by atoms with van der Waals surface area (Å²) < 4.78 is 0. The van der Waals surface area contributed by atoms with Crippen molar-refractivity contribution in [3.63, 3.8) is 0 Å². The van der Waals surface area contributed by atoms with Gasteiger partial charge in [-0.2, -0.15) is 0 Å². The Morgan fingerprint density at radius 1 is 0.708 bits per heavy atom. The zero-order chi connectivity index (χ0) is 17.6. The molecule has 0 N–H and O–H groups in total. The molecule has 0 rings (SSSR count). The number of carbonyl (C=O) groups excluding carboxylic acids is 4. The van der Waals surface area contributed by atoms with E-state index in [0.29, 0.717) is 0 Å². The SMILES string of the molecule is CC(C)C(=O)CC(=O)C(C)C.CC(C)[C-]=O.CC(C)[C-]=O.[CH3-].[W+2].[W]. The Kier molecular flexibility index (Phi) is 41.3. The van der Waals surface area contributed by atoms with Crippen LogP contribution in [0.4, 0.5) is 0 Å². The fraction of sp³-hybridized carbons (Fsp3) is 0.722. The Labute approximate surface area is 177 Å². The van der Waals surface area contributed by atoms with Gasteiger partial charge in [-0.05, 0) is 0 Å². The van der Waals surface area contributed by atoms with Crippen molar-refractivity contribution in [1.29, 1.82) is 0 Å². The summed E-state index contributed by atoms with van der Waals surface area (Å²) in [6.45, 7) is 14.5. The van der Waals surface area contributed by atoms with E-state index in [2.05, 4.69) is 0 Å². The second-order valence-electron chi connectivity index (χ2n) is 5.96. The summed E-state index contributed by atoms with van der Waals surface area (Å²) in [5.41, 5.74) is 0. The molecular weight excluding hydrogens is 648 g/mol. The van der Waals surface area contributed by atoms with Crippen LogP contribution in [-0.4, -0.2) is 24.1 Å². The summed E-state index contributed by atoms with van der Waals surface area (Å²) in [6, 6.07) is 0. The molecule has 0 saturated heterocycles. The van der Waals surface area contributed by atoms with Crippen molar-refractivity contribution < 1.29 is 61.3 Å². The minimum absolute atomic E-state index is 0. The van der Waals surface area contributed by atoms with Crippen LogP contribution < -0.4 is 0 Å². The third kappa shape index (κ3) is 37.9. The Morgan fingerprint density at radius 3 is 0.958 bits per heavy atom. The minimum atomic E-state index is -0.0160. The molecule has 4 nitrogen and oxygen atoms in total. The molecule has 0 aromatic rings. The van der Waals surface area contributed by atoms with Crippen molar-refractivity contribution in [2.45, 2.75) is 61.8 Å². The van der Waals surface area contributed by atoms with Gasteiger partial charge >= 0.3 is 21.1 Å². The van der Waals surface area contributed by atoms with Crippen molar-refractivity contribution in [1.82, 2.24) is 0 Å². The Bertz CT molecular complexity index is 282. The molecule has 0 fully saturated rings. The maximum Gasteiger partial charge on any atom is 2.00 e. The molecule has 0 radical (unpaired) electrons. The molecule has 0 aliphatic heterocycles. The average Bonchev–Trinajstić information content (AvgIpc) is 2.39. The van der Waals surface area contributed by atoms with E-state index in [-0.39, 0.29) is 91.2 Å². The van der Waals surface area contributed by atoms with Crippen molar-refractivity contribution in [3.05, 3.63) is 7.43 Å². The van der Waals surface area contributed by atoms with Crippen LogP contribution in [0.15, 0.2) is 0 Å². The standard InChI is InChI=1S/C9H16O2.2C4H7O.CH3.2W/c1-6(2)8(10)5-9(11)7(3)4;2*1-4(2)3-5;;;/h6-7H,5H2,1-4H3;2*4H,1-2H3;1H3;;/q;3*-1;;+2. The largest absolute Gasteiger partial charge is 2.00 e. The molecule has 24 heavy (non-hydrogen) atoms. The van der Waals surface area contributed by atoms with Crippen molar-refractivity contribution in [2.75, 3.05) is 0 Å². The Morgan fingerprint density at radius 2 is 0.875 bits per heavy atom. The molecule has 142 valence electrons. The van der Waals surface area contributed by atoms with Crippen LogP contribution in [0.25, 0.3) is 0 Å². The number of Topliss-reactive ketones (excluding diaryl/α,β-unsaturated/α-hetero) is 2. The third-order valence-corrected chi connectivity index (χ3v) is 2.11. The average molecular weight is 681 g/mol. The van der Waals surface area contributed by atoms with Gasteiger partial charge in [0.05, 0.1) is 6.42 Å². The maximum atomic E-state index is 11.0. The number of hydrogen-bond donors (Lipinski definition) is 0. The van der Waals surface area contributed by atoms with Crippen LogP contribution >= 0.6 is 0 Å². The van der Waals surface area contributed by atoms with Crippen LogP contribution in [0.3, 0.4) is 0 Å². The number of ketones is 2. The zero-order valence-electron chi connectivity index (χ0n) is 16.5. The monoisotopic (exact) mass is 681 g/mol. The van der Waals surface area contributed by atoms with Gasteiger partial charge < -0.3 is 17.0 Å². The molecule has 0 atom stereocenters. The second-order valence-corrected chi connectivity index (χ2v) is 5.96. The van der Waals surface area contributed by atoms with Crippen molar-refractivity contribution >= 4 is 24.1 Å².